The summed E-state index contributed by atoms with van der Waals surface area (Å²) in [5.74, 6) is 0.570. The molecule has 0 fully saturated rings. The van der Waals surface area contributed by atoms with Crippen molar-refractivity contribution in [3.8, 4) is 0 Å². The summed E-state index contributed by atoms with van der Waals surface area (Å²) in [6, 6.07) is -0.0856. The monoisotopic (exact) mass is 241 g/mol. The van der Waals surface area contributed by atoms with Gasteiger partial charge in [0.15, 0.2) is 5.13 Å². The number of carbonyl (C=O) groups is 1. The van der Waals surface area contributed by atoms with Crippen LogP contribution < -0.4 is 11.1 Å². The molecule has 3 N–H and O–H groups in total. The Balaban J connectivity index is 2.43. The van der Waals surface area contributed by atoms with Crippen molar-refractivity contribution >= 4 is 22.4 Å². The fraction of sp³-hybridized carbons (Fsp3) is 0.636. The maximum absolute atomic E-state index is 11.5. The minimum atomic E-state index is -0.0856. The van der Waals surface area contributed by atoms with E-state index in [0.29, 0.717) is 17.5 Å². The molecule has 0 saturated heterocycles. The molecular formula is C11H19N3OS. The molecular weight excluding hydrogens is 222 g/mol. The second-order valence-electron chi connectivity index (χ2n) is 4.35. The van der Waals surface area contributed by atoms with Crippen molar-refractivity contribution < 1.29 is 4.79 Å². The molecule has 1 atom stereocenters. The molecule has 1 amide bonds. The molecule has 1 unspecified atom stereocenters. The third-order valence-corrected chi connectivity index (χ3v) is 2.96. The molecule has 0 saturated carbocycles. The Morgan fingerprint density at radius 2 is 2.25 bits per heavy atom. The normalized spacial score (nSPS) is 12.8. The zero-order chi connectivity index (χ0) is 12.1. The van der Waals surface area contributed by atoms with Crippen molar-refractivity contribution in [3.05, 3.63) is 11.1 Å². The third kappa shape index (κ3) is 4.28. The number of rotatable bonds is 5. The van der Waals surface area contributed by atoms with E-state index < -0.39 is 0 Å². The summed E-state index contributed by atoms with van der Waals surface area (Å²) in [5.41, 5.74) is 6.51. The molecule has 0 aliphatic carbocycles. The zero-order valence-electron chi connectivity index (χ0n) is 9.99. The van der Waals surface area contributed by atoms with Gasteiger partial charge in [-0.15, -0.1) is 11.3 Å². The summed E-state index contributed by atoms with van der Waals surface area (Å²) >= 11 is 1.42. The first-order valence-electron chi connectivity index (χ1n) is 5.50. The van der Waals surface area contributed by atoms with Crippen LogP contribution in [0, 0.1) is 5.92 Å². The fourth-order valence-corrected chi connectivity index (χ4v) is 1.98. The third-order valence-electron chi connectivity index (χ3n) is 2.18. The number of nitrogens with two attached hydrogens (primary N) is 1. The van der Waals surface area contributed by atoms with Crippen LogP contribution in [0.3, 0.4) is 0 Å². The summed E-state index contributed by atoms with van der Waals surface area (Å²) < 4.78 is 0. The smallest absolute Gasteiger partial charge is 0.226 e. The van der Waals surface area contributed by atoms with Crippen molar-refractivity contribution in [1.29, 1.82) is 0 Å². The number of anilines is 1. The Bertz CT molecular complexity index is 347. The highest BCUT2D eigenvalue weighted by Crippen LogP contribution is 2.19. The first-order valence-corrected chi connectivity index (χ1v) is 6.38. The number of thiazole rings is 1. The second kappa shape index (κ2) is 5.96. The number of hydrogen-bond acceptors (Lipinski definition) is 4. The predicted molar refractivity (Wildman–Crippen MR) is 67.4 cm³/mol. The van der Waals surface area contributed by atoms with Gasteiger partial charge in [0.2, 0.25) is 5.91 Å². The fourth-order valence-electron chi connectivity index (χ4n) is 1.15. The van der Waals surface area contributed by atoms with E-state index in [9.17, 15) is 4.79 Å². The predicted octanol–water partition coefficient (Wildman–Crippen LogP) is 2.54. The van der Waals surface area contributed by atoms with Gasteiger partial charge >= 0.3 is 0 Å². The zero-order valence-corrected chi connectivity index (χ0v) is 10.8. The van der Waals surface area contributed by atoms with E-state index in [0.717, 1.165) is 12.1 Å². The van der Waals surface area contributed by atoms with Gasteiger partial charge < -0.3 is 11.1 Å². The van der Waals surface area contributed by atoms with Gasteiger partial charge in [-0.2, -0.15) is 0 Å². The van der Waals surface area contributed by atoms with Gasteiger partial charge in [0.25, 0.3) is 0 Å². The molecule has 4 nitrogen and oxygen atoms in total. The summed E-state index contributed by atoms with van der Waals surface area (Å²) in [4.78, 5) is 15.8. The summed E-state index contributed by atoms with van der Waals surface area (Å²) in [6.45, 7) is 6.08. The first kappa shape index (κ1) is 13.1. The molecule has 1 heterocycles. The van der Waals surface area contributed by atoms with Crippen LogP contribution in [0.15, 0.2) is 5.38 Å². The highest BCUT2D eigenvalue weighted by Gasteiger charge is 2.09. The Hall–Kier alpha value is -0.940. The van der Waals surface area contributed by atoms with Crippen LogP contribution in [0.1, 0.15) is 45.3 Å². The number of hydrogen-bond donors (Lipinski definition) is 2. The Labute approximate surface area is 100 Å². The quantitative estimate of drug-likeness (QED) is 0.832. The SMILES string of the molecule is CC(C)CCC(=O)Nc1nc(C(C)N)cs1. The second-order valence-corrected chi connectivity index (χ2v) is 5.21. The van der Waals surface area contributed by atoms with Crippen molar-refractivity contribution in [1.82, 2.24) is 4.98 Å². The average molecular weight is 241 g/mol. The standard InChI is InChI=1S/C11H19N3OS/c1-7(2)4-5-10(15)14-11-13-9(6-16-11)8(3)12/h6-8H,4-5,12H2,1-3H3,(H,13,14,15). The van der Waals surface area contributed by atoms with Crippen LogP contribution in [-0.4, -0.2) is 10.9 Å². The van der Waals surface area contributed by atoms with Gasteiger partial charge in [0.05, 0.1) is 5.69 Å². The van der Waals surface area contributed by atoms with E-state index >= 15 is 0 Å². The van der Waals surface area contributed by atoms with Crippen molar-refractivity contribution in [2.24, 2.45) is 11.7 Å². The summed E-state index contributed by atoms with van der Waals surface area (Å²) in [5, 5.41) is 5.30. The van der Waals surface area contributed by atoms with Gasteiger partial charge in [-0.1, -0.05) is 13.8 Å². The number of aromatic nitrogens is 1. The number of nitrogens with one attached hydrogen (secondary N) is 1. The lowest BCUT2D eigenvalue weighted by molar-refractivity contribution is -0.116. The lowest BCUT2D eigenvalue weighted by atomic mass is 10.1. The number of amides is 1. The summed E-state index contributed by atoms with van der Waals surface area (Å²) in [6.07, 6.45) is 1.45. The number of nitrogens with zero attached hydrogens (tertiary/aromatic N) is 1. The van der Waals surface area contributed by atoms with E-state index in [4.69, 9.17) is 5.73 Å². The van der Waals surface area contributed by atoms with E-state index in [1.54, 1.807) is 0 Å². The maximum atomic E-state index is 11.5. The van der Waals surface area contributed by atoms with Crippen LogP contribution in [-0.2, 0) is 4.79 Å². The molecule has 16 heavy (non-hydrogen) atoms. The molecule has 0 aliphatic rings. The molecule has 0 aliphatic heterocycles. The van der Waals surface area contributed by atoms with Crippen LogP contribution in [0.2, 0.25) is 0 Å². The average Bonchev–Trinajstić information content (AvgIpc) is 2.63. The van der Waals surface area contributed by atoms with Gasteiger partial charge in [-0.05, 0) is 19.3 Å². The Morgan fingerprint density at radius 1 is 1.56 bits per heavy atom. The van der Waals surface area contributed by atoms with Crippen molar-refractivity contribution in [2.45, 2.75) is 39.7 Å². The van der Waals surface area contributed by atoms with Crippen LogP contribution >= 0.6 is 11.3 Å². The molecule has 1 aromatic rings. The molecule has 0 aromatic carbocycles. The topological polar surface area (TPSA) is 68.0 Å². The minimum Gasteiger partial charge on any atom is -0.323 e. The van der Waals surface area contributed by atoms with Gasteiger partial charge in [-0.25, -0.2) is 4.98 Å². The molecule has 90 valence electrons. The van der Waals surface area contributed by atoms with Crippen molar-refractivity contribution in [2.75, 3.05) is 5.32 Å². The molecule has 5 heteroatoms. The van der Waals surface area contributed by atoms with Crippen LogP contribution in [0.25, 0.3) is 0 Å². The van der Waals surface area contributed by atoms with Crippen LogP contribution in [0.4, 0.5) is 5.13 Å². The summed E-state index contributed by atoms with van der Waals surface area (Å²) in [7, 11) is 0. The molecule has 0 spiro atoms. The molecule has 1 aromatic heterocycles. The largest absolute Gasteiger partial charge is 0.323 e. The van der Waals surface area contributed by atoms with Gasteiger partial charge in [0.1, 0.15) is 0 Å². The first-order chi connectivity index (χ1) is 7.49. The van der Waals surface area contributed by atoms with Gasteiger partial charge in [-0.3, -0.25) is 4.79 Å². The van der Waals surface area contributed by atoms with Crippen molar-refractivity contribution in [3.63, 3.8) is 0 Å². The number of carbonyl (C=O) groups excluding carboxylic acids is 1. The maximum Gasteiger partial charge on any atom is 0.226 e. The molecule has 0 bridgehead atoms. The van der Waals surface area contributed by atoms with E-state index in [2.05, 4.69) is 24.1 Å². The van der Waals surface area contributed by atoms with E-state index in [1.165, 1.54) is 11.3 Å². The van der Waals surface area contributed by atoms with Crippen LogP contribution in [0.5, 0.6) is 0 Å². The Kier molecular flexibility index (Phi) is 4.89. The lowest BCUT2D eigenvalue weighted by Gasteiger charge is -2.04. The highest BCUT2D eigenvalue weighted by molar-refractivity contribution is 7.13. The lowest BCUT2D eigenvalue weighted by Crippen LogP contribution is -2.12. The minimum absolute atomic E-state index is 0.0271. The molecule has 0 radical (unpaired) electrons. The van der Waals surface area contributed by atoms with Gasteiger partial charge in [0, 0.05) is 17.8 Å². The Morgan fingerprint density at radius 3 is 2.75 bits per heavy atom. The highest BCUT2D eigenvalue weighted by atomic mass is 32.1. The van der Waals surface area contributed by atoms with E-state index in [1.807, 2.05) is 12.3 Å². The van der Waals surface area contributed by atoms with E-state index in [-0.39, 0.29) is 11.9 Å². The molecule has 1 rings (SSSR count).